The van der Waals surface area contributed by atoms with Crippen molar-refractivity contribution >= 4 is 27.5 Å². The fraction of sp³-hybridized carbons (Fsp3) is 0.472. The number of aryl methyl sites for hydroxylation is 1. The lowest BCUT2D eigenvalue weighted by atomic mass is 9.95. The van der Waals surface area contributed by atoms with E-state index in [9.17, 15) is 8.78 Å². The Hall–Kier alpha value is -3.94. The van der Waals surface area contributed by atoms with Crippen LogP contribution >= 0.6 is 0 Å². The van der Waals surface area contributed by atoms with Crippen LogP contribution in [-0.4, -0.2) is 76.4 Å². The topological polar surface area (TPSA) is 66.4 Å². The molecule has 2 aromatic heterocycles. The summed E-state index contributed by atoms with van der Waals surface area (Å²) in [6, 6.07) is 8.76. The van der Waals surface area contributed by atoms with Gasteiger partial charge in [-0.15, -0.1) is 6.42 Å². The summed E-state index contributed by atoms with van der Waals surface area (Å²) in [5.41, 5.74) is 1.15. The highest BCUT2D eigenvalue weighted by Gasteiger charge is 2.50. The minimum atomic E-state index is -0.619. The van der Waals surface area contributed by atoms with Crippen molar-refractivity contribution in [2.75, 3.05) is 37.8 Å². The number of anilines is 1. The quantitative estimate of drug-likeness (QED) is 0.265. The summed E-state index contributed by atoms with van der Waals surface area (Å²) < 4.78 is 52.2. The highest BCUT2D eigenvalue weighted by Crippen LogP contribution is 2.44. The van der Waals surface area contributed by atoms with Crippen molar-refractivity contribution in [3.63, 3.8) is 0 Å². The van der Waals surface area contributed by atoms with Gasteiger partial charge in [-0.3, -0.25) is 4.90 Å². The number of pyridine rings is 1. The summed E-state index contributed by atoms with van der Waals surface area (Å²) in [4.78, 5) is 19.2. The first kappa shape index (κ1) is 29.5. The maximum atomic E-state index is 17.0. The molecule has 46 heavy (non-hydrogen) atoms. The molecule has 0 radical (unpaired) electrons. The van der Waals surface area contributed by atoms with E-state index in [0.717, 1.165) is 58.2 Å². The first-order valence-electron chi connectivity index (χ1n) is 16.5. The van der Waals surface area contributed by atoms with E-state index < -0.39 is 11.6 Å². The van der Waals surface area contributed by atoms with Gasteiger partial charge in [-0.2, -0.15) is 9.97 Å². The smallest absolute Gasteiger partial charge is 0.319 e. The molecular formula is C36H37F3N6O. The number of nitrogens with zero attached hydrogens (tertiary/aromatic N) is 5. The maximum Gasteiger partial charge on any atom is 0.319 e. The van der Waals surface area contributed by atoms with Gasteiger partial charge in [0.1, 0.15) is 36.1 Å². The lowest BCUT2D eigenvalue weighted by molar-refractivity contribution is 0.0772. The number of halogens is 3. The van der Waals surface area contributed by atoms with Gasteiger partial charge < -0.3 is 15.0 Å². The van der Waals surface area contributed by atoms with Crippen molar-refractivity contribution in [3.8, 4) is 29.6 Å². The van der Waals surface area contributed by atoms with Gasteiger partial charge in [0.2, 0.25) is 0 Å². The summed E-state index contributed by atoms with van der Waals surface area (Å²) in [5, 5.41) is 5.39. The summed E-state index contributed by atoms with van der Waals surface area (Å²) in [6.45, 7) is 4.45. The molecule has 7 nitrogen and oxygen atoms in total. The van der Waals surface area contributed by atoms with Crippen molar-refractivity contribution in [3.05, 3.63) is 53.2 Å². The number of benzene rings is 2. The number of alkyl halides is 1. The molecule has 10 heteroatoms. The Morgan fingerprint density at radius 1 is 1.11 bits per heavy atom. The maximum absolute atomic E-state index is 17.0. The molecule has 4 aromatic rings. The van der Waals surface area contributed by atoms with Gasteiger partial charge in [0.05, 0.1) is 22.2 Å². The highest BCUT2D eigenvalue weighted by atomic mass is 19.1. The van der Waals surface area contributed by atoms with E-state index in [4.69, 9.17) is 26.1 Å². The minimum absolute atomic E-state index is 0.0741. The fourth-order valence-electron chi connectivity index (χ4n) is 8.46. The van der Waals surface area contributed by atoms with Crippen LogP contribution in [-0.2, 0) is 6.42 Å². The van der Waals surface area contributed by atoms with Gasteiger partial charge in [-0.25, -0.2) is 18.2 Å². The Labute approximate surface area is 266 Å². The van der Waals surface area contributed by atoms with Gasteiger partial charge >= 0.3 is 6.01 Å². The number of hydrogen-bond donors (Lipinski definition) is 1. The van der Waals surface area contributed by atoms with Gasteiger partial charge in [0.25, 0.3) is 0 Å². The SMILES string of the molecule is C#Cc1c(F)ccc2cccc(-c3nc4c5c(nc(OC[C@@]67CCCN6[C@H](CF)CC7)nc5c3F)N3C[C@@H](CC)NC[C@H]3CC4)c12. The molecule has 0 unspecified atom stereocenters. The number of piperazine rings is 1. The molecule has 0 saturated carbocycles. The summed E-state index contributed by atoms with van der Waals surface area (Å²) in [5.74, 6) is 1.95. The van der Waals surface area contributed by atoms with E-state index in [2.05, 4.69) is 28.0 Å². The van der Waals surface area contributed by atoms with Crippen LogP contribution in [0, 0.1) is 24.0 Å². The molecule has 0 bridgehead atoms. The molecular weight excluding hydrogens is 589 g/mol. The predicted molar refractivity (Wildman–Crippen MR) is 173 cm³/mol. The third-order valence-electron chi connectivity index (χ3n) is 10.9. The van der Waals surface area contributed by atoms with Crippen molar-refractivity contribution in [1.29, 1.82) is 0 Å². The molecule has 6 heterocycles. The van der Waals surface area contributed by atoms with Crippen molar-refractivity contribution in [2.45, 2.75) is 75.5 Å². The summed E-state index contributed by atoms with van der Waals surface area (Å²) in [6.07, 6.45) is 11.7. The number of rotatable bonds is 6. The number of terminal acetylenes is 1. The van der Waals surface area contributed by atoms with E-state index in [1.807, 2.05) is 6.07 Å². The second-order valence-electron chi connectivity index (χ2n) is 13.3. The second kappa shape index (κ2) is 11.4. The number of ether oxygens (including phenoxy) is 1. The Morgan fingerprint density at radius 3 is 2.83 bits per heavy atom. The van der Waals surface area contributed by atoms with E-state index in [1.165, 1.54) is 6.07 Å². The molecule has 3 fully saturated rings. The number of nitrogens with one attached hydrogen (secondary N) is 1. The number of hydrogen-bond acceptors (Lipinski definition) is 7. The number of aromatic nitrogens is 3. The van der Waals surface area contributed by atoms with Crippen LogP contribution in [0.1, 0.15) is 56.7 Å². The molecule has 4 aliphatic rings. The molecule has 8 rings (SSSR count). The monoisotopic (exact) mass is 626 g/mol. The largest absolute Gasteiger partial charge is 0.461 e. The zero-order valence-electron chi connectivity index (χ0n) is 26.0. The van der Waals surface area contributed by atoms with E-state index >= 15 is 4.39 Å². The molecule has 2 aromatic carbocycles. The fourth-order valence-corrected chi connectivity index (χ4v) is 8.46. The van der Waals surface area contributed by atoms with Crippen LogP contribution in [0.15, 0.2) is 30.3 Å². The Bertz CT molecular complexity index is 1890. The molecule has 0 spiro atoms. The van der Waals surface area contributed by atoms with Crippen LogP contribution in [0.25, 0.3) is 32.9 Å². The Kier molecular flexibility index (Phi) is 7.29. The highest BCUT2D eigenvalue weighted by molar-refractivity contribution is 6.02. The normalized spacial score (nSPS) is 25.8. The average Bonchev–Trinajstić information content (AvgIpc) is 3.61. The molecule has 3 saturated heterocycles. The van der Waals surface area contributed by atoms with E-state index in [-0.39, 0.29) is 53.1 Å². The first-order valence-corrected chi connectivity index (χ1v) is 16.5. The van der Waals surface area contributed by atoms with Crippen molar-refractivity contribution in [2.24, 2.45) is 0 Å². The van der Waals surface area contributed by atoms with E-state index in [1.54, 1.807) is 18.2 Å². The summed E-state index contributed by atoms with van der Waals surface area (Å²) >= 11 is 0. The average molecular weight is 627 g/mol. The Morgan fingerprint density at radius 2 is 2.00 bits per heavy atom. The van der Waals surface area contributed by atoms with Crippen molar-refractivity contribution < 1.29 is 17.9 Å². The Balaban J connectivity index is 1.30. The van der Waals surface area contributed by atoms with Gasteiger partial charge in [0, 0.05) is 42.2 Å². The summed E-state index contributed by atoms with van der Waals surface area (Å²) in [7, 11) is 0. The molecule has 0 amide bonds. The van der Waals surface area contributed by atoms with Crippen LogP contribution in [0.5, 0.6) is 6.01 Å². The number of fused-ring (bicyclic) bond motifs is 4. The molecule has 0 aliphatic carbocycles. The molecule has 238 valence electrons. The van der Waals surface area contributed by atoms with Gasteiger partial charge in [-0.1, -0.05) is 37.1 Å². The van der Waals surface area contributed by atoms with Crippen LogP contribution in [0.4, 0.5) is 19.0 Å². The zero-order chi connectivity index (χ0) is 31.6. The molecule has 4 aliphatic heterocycles. The van der Waals surface area contributed by atoms with Crippen LogP contribution in [0.2, 0.25) is 0 Å². The van der Waals surface area contributed by atoms with Crippen LogP contribution < -0.4 is 15.0 Å². The van der Waals surface area contributed by atoms with Crippen molar-refractivity contribution in [1.82, 2.24) is 25.2 Å². The molecule has 1 N–H and O–H groups in total. The standard InChI is InChI=1S/C36H37F3N6O/c1-3-22-19-44-24(18-40-22)10-12-28-30-33(31(39)32(41-28)26-8-5-7-21-9-11-27(38)25(4-2)29(21)26)42-35(43-34(30)44)46-20-36-14-6-16-45(36)23(17-37)13-15-36/h2,5,7-9,11,22-24,40H,3,6,10,12-20H2,1H3/t22-,23+,24-,36+/m1/s1. The van der Waals surface area contributed by atoms with Gasteiger partial charge in [-0.05, 0) is 62.9 Å². The minimum Gasteiger partial charge on any atom is -0.461 e. The lowest BCUT2D eigenvalue weighted by Crippen LogP contribution is -2.56. The second-order valence-corrected chi connectivity index (χ2v) is 13.3. The third kappa shape index (κ3) is 4.54. The zero-order valence-corrected chi connectivity index (χ0v) is 26.0. The lowest BCUT2D eigenvalue weighted by Gasteiger charge is -2.40. The third-order valence-corrected chi connectivity index (χ3v) is 10.9. The first-order chi connectivity index (χ1) is 22.4. The predicted octanol–water partition coefficient (Wildman–Crippen LogP) is 5.95. The van der Waals surface area contributed by atoms with Gasteiger partial charge in [0.15, 0.2) is 5.82 Å². The van der Waals surface area contributed by atoms with E-state index in [0.29, 0.717) is 46.3 Å². The molecule has 4 atom stereocenters. The van der Waals surface area contributed by atoms with Crippen LogP contribution in [0.3, 0.4) is 0 Å².